The van der Waals surface area contributed by atoms with E-state index in [1.54, 1.807) is 0 Å². The maximum absolute atomic E-state index is 11.4. The minimum atomic E-state index is -1.59. The Kier molecular flexibility index (Phi) is 13.2. The first kappa shape index (κ1) is 21.8. The Morgan fingerprint density at radius 1 is 0.818 bits per heavy atom. The van der Waals surface area contributed by atoms with Crippen molar-refractivity contribution in [1.82, 2.24) is 0 Å². The van der Waals surface area contributed by atoms with Gasteiger partial charge in [-0.15, -0.1) is 0 Å². The number of hydrogen-bond donors (Lipinski definition) is 0. The lowest BCUT2D eigenvalue weighted by atomic mass is 10.2. The zero-order valence-electron chi connectivity index (χ0n) is 13.0. The Balaban J connectivity index is 3.43. The van der Waals surface area contributed by atoms with Crippen molar-refractivity contribution in [3.63, 3.8) is 0 Å². The number of alkyl halides is 3. The molecule has 0 aromatic rings. The molecule has 0 aliphatic heterocycles. The molecule has 130 valence electrons. The van der Waals surface area contributed by atoms with Crippen LogP contribution in [-0.4, -0.2) is 28.9 Å². The molecule has 22 heavy (non-hydrogen) atoms. The molecule has 0 saturated carbocycles. The molecule has 0 atom stereocenters. The van der Waals surface area contributed by atoms with Gasteiger partial charge in [0, 0.05) is 12.8 Å². The average Bonchev–Trinajstić information content (AvgIpc) is 2.44. The van der Waals surface area contributed by atoms with Crippen LogP contribution in [0, 0.1) is 0 Å². The second-order valence-electron chi connectivity index (χ2n) is 5.12. The Morgan fingerprint density at radius 2 is 1.36 bits per heavy atom. The van der Waals surface area contributed by atoms with Crippen LogP contribution in [0.15, 0.2) is 0 Å². The van der Waals surface area contributed by atoms with Gasteiger partial charge >= 0.3 is 11.9 Å². The van der Waals surface area contributed by atoms with Crippen molar-refractivity contribution in [1.29, 1.82) is 0 Å². The third-order valence-corrected chi connectivity index (χ3v) is 3.25. The van der Waals surface area contributed by atoms with E-state index in [9.17, 15) is 9.59 Å². The Hall–Kier alpha value is -0.190. The third kappa shape index (κ3) is 16.2. The van der Waals surface area contributed by atoms with Crippen LogP contribution in [0.5, 0.6) is 0 Å². The summed E-state index contributed by atoms with van der Waals surface area (Å²) in [5, 5.41) is 0. The second-order valence-corrected chi connectivity index (χ2v) is 7.63. The van der Waals surface area contributed by atoms with E-state index in [1.165, 1.54) is 19.3 Å². The highest BCUT2D eigenvalue weighted by Gasteiger charge is 2.21. The number of halogens is 3. The van der Waals surface area contributed by atoms with Crippen LogP contribution in [0.3, 0.4) is 0 Å². The van der Waals surface area contributed by atoms with E-state index in [0.717, 1.165) is 12.8 Å². The van der Waals surface area contributed by atoms with Gasteiger partial charge in [-0.1, -0.05) is 67.4 Å². The summed E-state index contributed by atoms with van der Waals surface area (Å²) >= 11 is 16.4. The molecule has 0 aromatic heterocycles. The van der Waals surface area contributed by atoms with Crippen molar-refractivity contribution in [2.24, 2.45) is 0 Å². The Morgan fingerprint density at radius 3 is 1.91 bits per heavy atom. The van der Waals surface area contributed by atoms with Crippen LogP contribution in [0.2, 0.25) is 0 Å². The van der Waals surface area contributed by atoms with Crippen LogP contribution in [0.1, 0.15) is 64.7 Å². The van der Waals surface area contributed by atoms with Gasteiger partial charge in [0.2, 0.25) is 3.79 Å². The summed E-state index contributed by atoms with van der Waals surface area (Å²) in [6.45, 7) is 2.37. The fourth-order valence-electron chi connectivity index (χ4n) is 1.74. The molecule has 0 aliphatic rings. The van der Waals surface area contributed by atoms with E-state index >= 15 is 0 Å². The number of ether oxygens (including phenoxy) is 2. The van der Waals surface area contributed by atoms with E-state index in [1.807, 2.05) is 0 Å². The molecule has 0 N–H and O–H groups in total. The van der Waals surface area contributed by atoms with Gasteiger partial charge in [-0.3, -0.25) is 9.59 Å². The first-order valence-electron chi connectivity index (χ1n) is 7.73. The summed E-state index contributed by atoms with van der Waals surface area (Å²) in [4.78, 5) is 22.8. The van der Waals surface area contributed by atoms with Crippen molar-refractivity contribution < 1.29 is 19.1 Å². The normalized spacial score (nSPS) is 11.3. The summed E-state index contributed by atoms with van der Waals surface area (Å²) in [5.41, 5.74) is 0. The lowest BCUT2D eigenvalue weighted by Crippen LogP contribution is -2.17. The number of rotatable bonds is 12. The molecule has 0 amide bonds. The van der Waals surface area contributed by atoms with Crippen molar-refractivity contribution in [2.45, 2.75) is 68.5 Å². The van der Waals surface area contributed by atoms with Crippen LogP contribution >= 0.6 is 34.8 Å². The fraction of sp³-hybridized carbons (Fsp3) is 0.867. The van der Waals surface area contributed by atoms with Gasteiger partial charge in [0.05, 0.1) is 6.61 Å². The molecule has 0 aliphatic carbocycles. The van der Waals surface area contributed by atoms with Crippen LogP contribution in [-0.2, 0) is 19.1 Å². The maximum Gasteiger partial charge on any atom is 0.305 e. The topological polar surface area (TPSA) is 52.6 Å². The predicted molar refractivity (Wildman–Crippen MR) is 89.4 cm³/mol. The quantitative estimate of drug-likeness (QED) is 0.274. The molecular weight excluding hydrogens is 351 g/mol. The van der Waals surface area contributed by atoms with Gasteiger partial charge in [0.1, 0.15) is 6.61 Å². The SMILES string of the molecule is CCCCCCCOC(=O)CCCCC(=O)OCC(Cl)(Cl)Cl. The van der Waals surface area contributed by atoms with Crippen molar-refractivity contribution in [3.8, 4) is 0 Å². The molecule has 0 aromatic carbocycles. The van der Waals surface area contributed by atoms with Gasteiger partial charge in [0.25, 0.3) is 0 Å². The highest BCUT2D eigenvalue weighted by atomic mass is 35.6. The van der Waals surface area contributed by atoms with E-state index < -0.39 is 9.76 Å². The number of carbonyl (C=O) groups excluding carboxylic acids is 2. The third-order valence-electron chi connectivity index (χ3n) is 2.92. The summed E-state index contributed by atoms with van der Waals surface area (Å²) < 4.78 is 8.30. The molecule has 0 rings (SSSR count). The van der Waals surface area contributed by atoms with Crippen LogP contribution in [0.4, 0.5) is 0 Å². The minimum Gasteiger partial charge on any atom is -0.466 e. The molecule has 0 heterocycles. The first-order valence-corrected chi connectivity index (χ1v) is 8.86. The molecule has 0 spiro atoms. The summed E-state index contributed by atoms with van der Waals surface area (Å²) in [5.74, 6) is -0.652. The summed E-state index contributed by atoms with van der Waals surface area (Å²) in [6, 6.07) is 0. The number of unbranched alkanes of at least 4 members (excludes halogenated alkanes) is 5. The molecule has 4 nitrogen and oxygen atoms in total. The number of hydrogen-bond acceptors (Lipinski definition) is 4. The molecule has 0 bridgehead atoms. The van der Waals surface area contributed by atoms with E-state index in [-0.39, 0.29) is 19.0 Å². The lowest BCUT2D eigenvalue weighted by Gasteiger charge is -2.11. The van der Waals surface area contributed by atoms with Gasteiger partial charge < -0.3 is 9.47 Å². The molecular formula is C15H25Cl3O4. The lowest BCUT2D eigenvalue weighted by molar-refractivity contribution is -0.145. The summed E-state index contributed by atoms with van der Waals surface area (Å²) in [7, 11) is 0. The Bertz CT molecular complexity index is 316. The van der Waals surface area contributed by atoms with E-state index in [2.05, 4.69) is 6.92 Å². The van der Waals surface area contributed by atoms with Crippen molar-refractivity contribution >= 4 is 46.7 Å². The predicted octanol–water partition coefficient (Wildman–Crippen LogP) is 4.97. The van der Waals surface area contributed by atoms with E-state index in [0.29, 0.717) is 25.9 Å². The first-order chi connectivity index (χ1) is 10.3. The molecule has 7 heteroatoms. The van der Waals surface area contributed by atoms with E-state index in [4.69, 9.17) is 44.3 Å². The highest BCUT2D eigenvalue weighted by Crippen LogP contribution is 2.26. The monoisotopic (exact) mass is 374 g/mol. The second kappa shape index (κ2) is 13.3. The van der Waals surface area contributed by atoms with Crippen LogP contribution < -0.4 is 0 Å². The average molecular weight is 376 g/mol. The fourth-order valence-corrected chi connectivity index (χ4v) is 1.90. The zero-order valence-corrected chi connectivity index (χ0v) is 15.3. The maximum atomic E-state index is 11.4. The number of carbonyl (C=O) groups is 2. The molecule has 0 unspecified atom stereocenters. The standard InChI is InChI=1S/C15H25Cl3O4/c1-2-3-4-5-8-11-21-13(19)9-6-7-10-14(20)22-12-15(16,17)18/h2-12H2,1H3. The number of esters is 2. The van der Waals surface area contributed by atoms with Crippen molar-refractivity contribution in [2.75, 3.05) is 13.2 Å². The van der Waals surface area contributed by atoms with Gasteiger partial charge in [-0.2, -0.15) is 0 Å². The molecule has 0 saturated heterocycles. The van der Waals surface area contributed by atoms with Crippen LogP contribution in [0.25, 0.3) is 0 Å². The van der Waals surface area contributed by atoms with Crippen molar-refractivity contribution in [3.05, 3.63) is 0 Å². The van der Waals surface area contributed by atoms with Gasteiger partial charge in [-0.25, -0.2) is 0 Å². The molecule has 0 radical (unpaired) electrons. The smallest absolute Gasteiger partial charge is 0.305 e. The van der Waals surface area contributed by atoms with Gasteiger partial charge in [0.15, 0.2) is 0 Å². The highest BCUT2D eigenvalue weighted by molar-refractivity contribution is 6.67. The molecule has 0 fully saturated rings. The zero-order chi connectivity index (χ0) is 16.8. The Labute approximate surface area is 147 Å². The summed E-state index contributed by atoms with van der Waals surface area (Å²) in [6.07, 6.45) is 7.25. The minimum absolute atomic E-state index is 0.199. The largest absolute Gasteiger partial charge is 0.466 e. The van der Waals surface area contributed by atoms with Gasteiger partial charge in [-0.05, 0) is 19.3 Å².